The highest BCUT2D eigenvalue weighted by atomic mass is 16.4. The van der Waals surface area contributed by atoms with Gasteiger partial charge in [-0.25, -0.2) is 4.79 Å². The van der Waals surface area contributed by atoms with Crippen LogP contribution in [0, 0.1) is 6.92 Å². The smallest absolute Gasteiger partial charge is 0.331 e. The number of aryl methyl sites for hydroxylation is 1. The van der Waals surface area contributed by atoms with Gasteiger partial charge in [0.25, 0.3) is 0 Å². The Morgan fingerprint density at radius 1 is 1.11 bits per heavy atom. The molecule has 0 atom stereocenters. The van der Waals surface area contributed by atoms with Crippen LogP contribution in [0.2, 0.25) is 0 Å². The maximum absolute atomic E-state index is 11.3. The minimum atomic E-state index is -0.870. The molecular formula is C17H16O2. The Balaban J connectivity index is 2.27. The van der Waals surface area contributed by atoms with Crippen molar-refractivity contribution < 1.29 is 9.90 Å². The van der Waals surface area contributed by atoms with E-state index in [4.69, 9.17) is 0 Å². The van der Waals surface area contributed by atoms with E-state index >= 15 is 0 Å². The molecule has 2 nitrogen and oxygen atoms in total. The molecule has 0 saturated carbocycles. The Bertz CT molecular complexity index is 598. The van der Waals surface area contributed by atoms with Crippen LogP contribution in [0.1, 0.15) is 16.7 Å². The summed E-state index contributed by atoms with van der Waals surface area (Å²) in [5.74, 6) is -0.870. The van der Waals surface area contributed by atoms with Crippen LogP contribution in [0.4, 0.5) is 0 Å². The van der Waals surface area contributed by atoms with Gasteiger partial charge in [0, 0.05) is 12.0 Å². The van der Waals surface area contributed by atoms with Gasteiger partial charge >= 0.3 is 5.97 Å². The average Bonchev–Trinajstić information content (AvgIpc) is 2.39. The third-order valence-corrected chi connectivity index (χ3v) is 2.89. The fourth-order valence-electron chi connectivity index (χ4n) is 1.98. The van der Waals surface area contributed by atoms with Gasteiger partial charge in [0.1, 0.15) is 0 Å². The van der Waals surface area contributed by atoms with Crippen molar-refractivity contribution in [3.8, 4) is 0 Å². The van der Waals surface area contributed by atoms with Gasteiger partial charge in [-0.05, 0) is 24.1 Å². The first-order chi connectivity index (χ1) is 9.15. The van der Waals surface area contributed by atoms with Crippen molar-refractivity contribution in [3.63, 3.8) is 0 Å². The number of carbonyl (C=O) groups is 1. The summed E-state index contributed by atoms with van der Waals surface area (Å²) in [6.45, 7) is 2.00. The number of carboxylic acid groups (broad SMARTS) is 1. The first kappa shape index (κ1) is 13.1. The van der Waals surface area contributed by atoms with E-state index in [9.17, 15) is 9.90 Å². The van der Waals surface area contributed by atoms with Crippen LogP contribution >= 0.6 is 0 Å². The Kier molecular flexibility index (Phi) is 4.14. The molecule has 0 spiro atoms. The second kappa shape index (κ2) is 6.01. The molecule has 2 aromatic carbocycles. The van der Waals surface area contributed by atoms with Crippen LogP contribution in [0.25, 0.3) is 6.08 Å². The van der Waals surface area contributed by atoms with Gasteiger partial charge in [-0.1, -0.05) is 60.2 Å². The standard InChI is InChI=1S/C17H16O2/c1-13-6-5-9-15(10-13)12-16(17(18)19)11-14-7-3-2-4-8-14/h2-11H,12H2,1H3,(H,18,19). The van der Waals surface area contributed by atoms with Gasteiger partial charge in [-0.3, -0.25) is 0 Å². The van der Waals surface area contributed by atoms with Crippen molar-refractivity contribution >= 4 is 12.0 Å². The molecule has 0 aliphatic carbocycles. The Labute approximate surface area is 113 Å². The number of carboxylic acids is 1. The number of aliphatic carboxylic acids is 1. The average molecular weight is 252 g/mol. The lowest BCUT2D eigenvalue weighted by molar-refractivity contribution is -0.132. The predicted molar refractivity (Wildman–Crippen MR) is 76.9 cm³/mol. The van der Waals surface area contributed by atoms with Crippen LogP contribution in [-0.2, 0) is 11.2 Å². The predicted octanol–water partition coefficient (Wildman–Crippen LogP) is 3.71. The maximum Gasteiger partial charge on any atom is 0.331 e. The number of rotatable bonds is 4. The number of hydrogen-bond acceptors (Lipinski definition) is 1. The molecule has 0 heterocycles. The van der Waals surface area contributed by atoms with Gasteiger partial charge in [-0.15, -0.1) is 0 Å². The largest absolute Gasteiger partial charge is 0.478 e. The molecule has 2 rings (SSSR count). The summed E-state index contributed by atoms with van der Waals surface area (Å²) in [4.78, 5) is 11.3. The van der Waals surface area contributed by atoms with Crippen molar-refractivity contribution in [2.75, 3.05) is 0 Å². The van der Waals surface area contributed by atoms with E-state index in [1.54, 1.807) is 6.08 Å². The Morgan fingerprint density at radius 3 is 2.47 bits per heavy atom. The minimum absolute atomic E-state index is 0.400. The summed E-state index contributed by atoms with van der Waals surface area (Å²) in [7, 11) is 0. The molecule has 2 aromatic rings. The van der Waals surface area contributed by atoms with Gasteiger partial charge in [-0.2, -0.15) is 0 Å². The lowest BCUT2D eigenvalue weighted by Crippen LogP contribution is -2.04. The van der Waals surface area contributed by atoms with Crippen LogP contribution < -0.4 is 0 Å². The SMILES string of the molecule is Cc1cccc(CC(=Cc2ccccc2)C(=O)O)c1. The van der Waals surface area contributed by atoms with E-state index in [0.29, 0.717) is 12.0 Å². The van der Waals surface area contributed by atoms with Gasteiger partial charge in [0.15, 0.2) is 0 Å². The molecule has 19 heavy (non-hydrogen) atoms. The van der Waals surface area contributed by atoms with Crippen molar-refractivity contribution in [2.24, 2.45) is 0 Å². The summed E-state index contributed by atoms with van der Waals surface area (Å²) in [5.41, 5.74) is 3.47. The Morgan fingerprint density at radius 2 is 1.84 bits per heavy atom. The third-order valence-electron chi connectivity index (χ3n) is 2.89. The molecule has 0 fully saturated rings. The van der Waals surface area contributed by atoms with E-state index in [1.165, 1.54) is 0 Å². The molecule has 0 saturated heterocycles. The van der Waals surface area contributed by atoms with Crippen LogP contribution in [0.5, 0.6) is 0 Å². The van der Waals surface area contributed by atoms with E-state index in [2.05, 4.69) is 0 Å². The lowest BCUT2D eigenvalue weighted by Gasteiger charge is -2.04. The number of hydrogen-bond donors (Lipinski definition) is 1. The van der Waals surface area contributed by atoms with Gasteiger partial charge in [0.05, 0.1) is 0 Å². The quantitative estimate of drug-likeness (QED) is 0.842. The highest BCUT2D eigenvalue weighted by Crippen LogP contribution is 2.14. The summed E-state index contributed by atoms with van der Waals surface area (Å²) in [6, 6.07) is 17.4. The molecule has 0 aliphatic rings. The minimum Gasteiger partial charge on any atom is -0.478 e. The van der Waals surface area contributed by atoms with Crippen molar-refractivity contribution in [2.45, 2.75) is 13.3 Å². The van der Waals surface area contributed by atoms with Gasteiger partial charge in [0.2, 0.25) is 0 Å². The third kappa shape index (κ3) is 3.81. The van der Waals surface area contributed by atoms with Crippen LogP contribution in [-0.4, -0.2) is 11.1 Å². The van der Waals surface area contributed by atoms with Gasteiger partial charge < -0.3 is 5.11 Å². The molecule has 2 heteroatoms. The van der Waals surface area contributed by atoms with E-state index in [0.717, 1.165) is 16.7 Å². The highest BCUT2D eigenvalue weighted by molar-refractivity contribution is 5.92. The first-order valence-corrected chi connectivity index (χ1v) is 6.19. The zero-order valence-electron chi connectivity index (χ0n) is 10.8. The van der Waals surface area contributed by atoms with Crippen molar-refractivity contribution in [1.29, 1.82) is 0 Å². The zero-order valence-corrected chi connectivity index (χ0v) is 10.8. The second-order valence-electron chi connectivity index (χ2n) is 4.55. The summed E-state index contributed by atoms with van der Waals surface area (Å²) >= 11 is 0. The molecule has 0 amide bonds. The fraction of sp³-hybridized carbons (Fsp3) is 0.118. The van der Waals surface area contributed by atoms with E-state index < -0.39 is 5.97 Å². The second-order valence-corrected chi connectivity index (χ2v) is 4.55. The lowest BCUT2D eigenvalue weighted by atomic mass is 10.0. The van der Waals surface area contributed by atoms with E-state index in [-0.39, 0.29) is 0 Å². The molecule has 0 aliphatic heterocycles. The van der Waals surface area contributed by atoms with Crippen LogP contribution in [0.15, 0.2) is 60.2 Å². The van der Waals surface area contributed by atoms with Crippen molar-refractivity contribution in [1.82, 2.24) is 0 Å². The monoisotopic (exact) mass is 252 g/mol. The molecule has 96 valence electrons. The summed E-state index contributed by atoms with van der Waals surface area (Å²) in [6.07, 6.45) is 2.16. The fourth-order valence-corrected chi connectivity index (χ4v) is 1.98. The molecular weight excluding hydrogens is 236 g/mol. The summed E-state index contributed by atoms with van der Waals surface area (Å²) < 4.78 is 0. The maximum atomic E-state index is 11.3. The molecule has 0 bridgehead atoms. The summed E-state index contributed by atoms with van der Waals surface area (Å²) in [5, 5.41) is 9.30. The molecule has 1 N–H and O–H groups in total. The molecule has 0 aromatic heterocycles. The van der Waals surface area contributed by atoms with Crippen LogP contribution in [0.3, 0.4) is 0 Å². The first-order valence-electron chi connectivity index (χ1n) is 6.19. The topological polar surface area (TPSA) is 37.3 Å². The molecule has 0 radical (unpaired) electrons. The van der Waals surface area contributed by atoms with Crippen molar-refractivity contribution in [3.05, 3.63) is 76.9 Å². The zero-order chi connectivity index (χ0) is 13.7. The number of benzene rings is 2. The molecule has 0 unspecified atom stereocenters. The van der Waals surface area contributed by atoms with E-state index in [1.807, 2.05) is 61.5 Å². The normalized spacial score (nSPS) is 11.3. The highest BCUT2D eigenvalue weighted by Gasteiger charge is 2.08. The Hall–Kier alpha value is -2.35.